The van der Waals surface area contributed by atoms with E-state index in [1.54, 1.807) is 42.7 Å². The topological polar surface area (TPSA) is 206 Å². The van der Waals surface area contributed by atoms with Crippen molar-refractivity contribution in [2.75, 3.05) is 95.1 Å². The maximum atomic E-state index is 7.71. The highest BCUT2D eigenvalue weighted by Gasteiger charge is 2.53. The van der Waals surface area contributed by atoms with Crippen molar-refractivity contribution in [1.29, 1.82) is 0 Å². The third-order valence-corrected chi connectivity index (χ3v) is 17.7. The van der Waals surface area contributed by atoms with Crippen LogP contribution in [0.15, 0.2) is 151 Å². The van der Waals surface area contributed by atoms with Crippen LogP contribution in [0.4, 0.5) is 11.6 Å². The highest BCUT2D eigenvalue weighted by atomic mass is 28.4. The maximum Gasteiger partial charge on any atom is 0.603 e. The quantitative estimate of drug-likeness (QED) is 0.0394. The van der Waals surface area contributed by atoms with Gasteiger partial charge in [0.05, 0.1) is 55.9 Å². The van der Waals surface area contributed by atoms with Crippen LogP contribution in [0.2, 0.25) is 0 Å². The predicted octanol–water partition coefficient (Wildman–Crippen LogP) is 6.22. The lowest BCUT2D eigenvalue weighted by Crippen LogP contribution is -2.64. The van der Waals surface area contributed by atoms with Crippen molar-refractivity contribution in [3.63, 3.8) is 0 Å². The molecule has 4 aliphatic heterocycles. The summed E-state index contributed by atoms with van der Waals surface area (Å²) in [6.07, 6.45) is 0. The SMILES string of the molecule is COc1cc(CNCCNCCO[Si]2(OCCNCCNCc3cc(OC)c(OC)c(OC)c3)n3c4c5ccccc5c3N=C3N=C(N=c5c6ccccc6c(n52)=NC2=NC(=N4)c4ccccc42)c2ccccc23)cc(OC)c1OC. The summed E-state index contributed by atoms with van der Waals surface area (Å²) in [5, 5.41) is 17.7. The first-order valence-electron chi connectivity index (χ1n) is 26.8. The van der Waals surface area contributed by atoms with Crippen molar-refractivity contribution >= 4 is 65.4 Å². The molecule has 0 fully saturated rings. The van der Waals surface area contributed by atoms with Crippen molar-refractivity contribution in [2.45, 2.75) is 13.1 Å². The lowest BCUT2D eigenvalue weighted by atomic mass is 10.1. The fourth-order valence-electron chi connectivity index (χ4n) is 10.8. The molecule has 20 nitrogen and oxygen atoms in total. The fraction of sp³-hybridized carbons (Fsp3) is 0.267. The Kier molecular flexibility index (Phi) is 15.3. The van der Waals surface area contributed by atoms with Gasteiger partial charge in [0.1, 0.15) is 22.6 Å². The molecular weight excluding hydrogens is 1040 g/mol. The Morgan fingerprint density at radius 3 is 1.09 bits per heavy atom. The highest BCUT2D eigenvalue weighted by Crippen LogP contribution is 2.44. The molecule has 81 heavy (non-hydrogen) atoms. The smallest absolute Gasteiger partial charge is 0.493 e. The summed E-state index contributed by atoms with van der Waals surface area (Å²) in [5.74, 6) is 6.74. The summed E-state index contributed by atoms with van der Waals surface area (Å²) in [7, 11) is 5.31. The molecular formula is C60H62N12O8Si. The average molecular weight is 1110 g/mol. The van der Waals surface area contributed by atoms with Gasteiger partial charge in [0.2, 0.25) is 11.5 Å². The number of hydrogen-bond donors (Lipinski definition) is 4. The second-order valence-corrected chi connectivity index (χ2v) is 21.8. The van der Waals surface area contributed by atoms with E-state index in [-0.39, 0.29) is 13.2 Å². The average Bonchev–Trinajstić information content (AvgIpc) is 3.56. The molecule has 0 unspecified atom stereocenters. The lowest BCUT2D eigenvalue weighted by molar-refractivity contribution is 0.149. The van der Waals surface area contributed by atoms with Crippen LogP contribution in [0.5, 0.6) is 34.5 Å². The molecule has 0 saturated carbocycles. The van der Waals surface area contributed by atoms with Gasteiger partial charge in [0.15, 0.2) is 46.3 Å². The van der Waals surface area contributed by atoms with Crippen LogP contribution in [-0.4, -0.2) is 136 Å². The Labute approximate surface area is 468 Å². The van der Waals surface area contributed by atoms with Gasteiger partial charge in [-0.3, -0.25) is 8.47 Å². The molecule has 6 heterocycles. The number of aromatic nitrogens is 2. The molecule has 21 heteroatoms. The van der Waals surface area contributed by atoms with Crippen LogP contribution in [0.3, 0.4) is 0 Å². The van der Waals surface area contributed by atoms with Crippen LogP contribution in [0.25, 0.3) is 21.5 Å². The van der Waals surface area contributed by atoms with Gasteiger partial charge >= 0.3 is 8.88 Å². The number of amidine groups is 4. The zero-order valence-corrected chi connectivity index (χ0v) is 47.0. The van der Waals surface area contributed by atoms with E-state index < -0.39 is 8.88 Å². The maximum absolute atomic E-state index is 7.71. The third-order valence-electron chi connectivity index (χ3n) is 14.5. The second kappa shape index (κ2) is 23.3. The number of hydrogen-bond acceptors (Lipinski definition) is 18. The monoisotopic (exact) mass is 1110 g/mol. The number of fused-ring (bicyclic) bond motifs is 14. The fourth-order valence-corrected chi connectivity index (χ4v) is 14.1. The Hall–Kier alpha value is -8.54. The minimum Gasteiger partial charge on any atom is -0.493 e. The molecule has 8 aromatic rings. The van der Waals surface area contributed by atoms with E-state index in [2.05, 4.69) is 54.0 Å². The number of aliphatic imine (C=N–C) groups is 4. The molecule has 6 aromatic carbocycles. The summed E-state index contributed by atoms with van der Waals surface area (Å²) < 4.78 is 53.2. The summed E-state index contributed by atoms with van der Waals surface area (Å²) in [6.45, 7) is 5.11. The first kappa shape index (κ1) is 53.1. The molecule has 6 bridgehead atoms. The van der Waals surface area contributed by atoms with Crippen LogP contribution >= 0.6 is 0 Å². The van der Waals surface area contributed by atoms with Crippen molar-refractivity contribution in [1.82, 2.24) is 29.7 Å². The Morgan fingerprint density at radius 2 is 0.716 bits per heavy atom. The van der Waals surface area contributed by atoms with Crippen LogP contribution in [-0.2, 0) is 21.9 Å². The number of methoxy groups -OCH3 is 6. The summed E-state index contributed by atoms with van der Waals surface area (Å²) in [4.78, 5) is 32.7. The standard InChI is InChI=1S/C60H62N12O8Si/c1-73-47-31-37(32-48(74-2)51(47)77-5)35-63-25-23-61-27-29-79-81(80-30-28-62-24-26-64-36-38-33-49(75-3)52(78-6)50(34-38)76-4)71-57-43-19-11-12-20-44(43)59(71)69-55-41-17-9-10-18-42(41)56(66-55)70-60-46-22-14-13-21-45(46)58(72(60)81)68-54-40-16-8-7-15-39(40)53(65-54)67-57/h7-22,31-34,61-64H,23-30,35-36H2,1-6H3. The molecule has 4 N–H and O–H groups in total. The second-order valence-electron chi connectivity index (χ2n) is 19.3. The van der Waals surface area contributed by atoms with Gasteiger partial charge in [-0.25, -0.2) is 30.0 Å². The van der Waals surface area contributed by atoms with Gasteiger partial charge in [0, 0.05) is 96.2 Å². The van der Waals surface area contributed by atoms with E-state index in [9.17, 15) is 0 Å². The molecule has 12 rings (SSSR count). The van der Waals surface area contributed by atoms with Gasteiger partial charge in [0.25, 0.3) is 0 Å². The zero-order chi connectivity index (χ0) is 55.5. The van der Waals surface area contributed by atoms with Gasteiger partial charge in [-0.15, -0.1) is 0 Å². The first-order chi connectivity index (χ1) is 39.9. The van der Waals surface area contributed by atoms with Crippen LogP contribution in [0, 0.1) is 0 Å². The largest absolute Gasteiger partial charge is 0.603 e. The number of nitrogens with zero attached hydrogens (tertiary/aromatic N) is 8. The molecule has 2 aromatic heterocycles. The number of benzene rings is 6. The van der Waals surface area contributed by atoms with Crippen molar-refractivity contribution < 1.29 is 37.3 Å². The van der Waals surface area contributed by atoms with E-state index in [1.165, 1.54) is 0 Å². The Bertz CT molecular complexity index is 3690. The van der Waals surface area contributed by atoms with Crippen molar-refractivity contribution in [3.8, 4) is 34.5 Å². The highest BCUT2D eigenvalue weighted by molar-refractivity contribution is 6.66. The van der Waals surface area contributed by atoms with Gasteiger partial charge < -0.3 is 58.5 Å². The van der Waals surface area contributed by atoms with E-state index >= 15 is 0 Å². The van der Waals surface area contributed by atoms with Gasteiger partial charge in [-0.1, -0.05) is 97.1 Å². The van der Waals surface area contributed by atoms with Gasteiger partial charge in [-0.05, 0) is 35.4 Å². The van der Waals surface area contributed by atoms with Crippen LogP contribution in [0.1, 0.15) is 33.4 Å². The molecule has 0 aliphatic carbocycles. The van der Waals surface area contributed by atoms with Crippen molar-refractivity contribution in [2.24, 2.45) is 30.0 Å². The van der Waals surface area contributed by atoms with Crippen molar-refractivity contribution in [3.05, 3.63) is 166 Å². The van der Waals surface area contributed by atoms with Crippen LogP contribution < -0.4 is 60.7 Å². The summed E-state index contributed by atoms with van der Waals surface area (Å²) in [5.41, 5.74) is 6.58. The number of nitrogens with one attached hydrogen (secondary N) is 4. The molecule has 0 radical (unpaired) electrons. The molecule has 4 aliphatic rings. The third kappa shape index (κ3) is 9.81. The van der Waals surface area contributed by atoms with E-state index in [0.29, 0.717) is 133 Å². The molecule has 0 amide bonds. The summed E-state index contributed by atoms with van der Waals surface area (Å²) in [6, 6.07) is 40.4. The Balaban J connectivity index is 0.941. The minimum absolute atomic E-state index is 0.216. The van der Waals surface area contributed by atoms with Gasteiger partial charge in [-0.2, -0.15) is 0 Å². The van der Waals surface area contributed by atoms with E-state index in [4.69, 9.17) is 67.2 Å². The predicted molar refractivity (Wildman–Crippen MR) is 314 cm³/mol. The van der Waals surface area contributed by atoms with E-state index in [1.807, 2.05) is 97.1 Å². The lowest BCUT2D eigenvalue weighted by Gasteiger charge is -2.33. The molecule has 414 valence electrons. The normalized spacial score (nSPS) is 14.2. The Morgan fingerprint density at radius 1 is 0.370 bits per heavy atom. The first-order valence-corrected chi connectivity index (χ1v) is 28.6. The molecule has 0 saturated heterocycles. The summed E-state index contributed by atoms with van der Waals surface area (Å²) >= 11 is 0. The minimum atomic E-state index is -4.36. The molecule has 0 atom stereocenters. The molecule has 0 spiro atoms. The van der Waals surface area contributed by atoms with E-state index in [0.717, 1.165) is 54.9 Å². The zero-order valence-electron chi connectivity index (χ0n) is 46.0. The number of ether oxygens (including phenoxy) is 6. The number of rotatable bonds is 24.